The molecule has 0 unspecified atom stereocenters. The van der Waals surface area contributed by atoms with Crippen LogP contribution < -0.4 is 4.90 Å². The molecule has 0 N–H and O–H groups in total. The monoisotopic (exact) mass is 834 g/mol. The molecule has 0 bridgehead atoms. The van der Waals surface area contributed by atoms with E-state index in [1.807, 2.05) is 59.2 Å². The van der Waals surface area contributed by atoms with Crippen LogP contribution in [-0.2, 0) is 10.8 Å². The first kappa shape index (κ1) is 27.6. The molecule has 0 radical (unpaired) electrons. The van der Waals surface area contributed by atoms with Gasteiger partial charge in [-0.2, -0.15) is 0 Å². The summed E-state index contributed by atoms with van der Waals surface area (Å²) in [5.74, 6) is 0. The molecule has 0 saturated heterocycles. The Morgan fingerprint density at radius 3 is 1.77 bits per heavy atom. The van der Waals surface area contributed by atoms with Crippen LogP contribution in [0, 0.1) is 13.7 Å². The summed E-state index contributed by atoms with van der Waals surface area (Å²) in [5.41, 5.74) is 10.3. The highest BCUT2D eigenvalue weighted by Crippen LogP contribution is 2.53. The molecule has 0 fully saturated rings. The van der Waals surface area contributed by atoms with Crippen molar-refractivity contribution in [1.29, 1.82) is 0 Å². The largest absolute Gasteiger partial charge is 0.310 e. The van der Waals surface area contributed by atoms with Crippen LogP contribution in [-0.4, -0.2) is 4.57 Å². The van der Waals surface area contributed by atoms with Crippen molar-refractivity contribution in [3.05, 3.63) is 228 Å². The van der Waals surface area contributed by atoms with Gasteiger partial charge in [0.05, 0.1) is 16.7 Å². The second-order valence-corrected chi connectivity index (χ2v) is 17.7. The number of anilines is 3. The Hall–Kier alpha value is -7.42. The Morgan fingerprint density at radius 2 is 1.00 bits per heavy atom. The fraction of sp³-hybridized carbons (Fsp3) is 0.129. The van der Waals surface area contributed by atoms with Gasteiger partial charge in [0, 0.05) is 60.7 Å². The zero-order chi connectivity index (χ0) is 53.5. The molecule has 0 aliphatic heterocycles. The number of benzene rings is 9. The van der Waals surface area contributed by atoms with Gasteiger partial charge in [0.25, 0.3) is 0 Å². The minimum absolute atomic E-state index is 0.204. The van der Waals surface area contributed by atoms with E-state index < -0.39 is 32.8 Å². The van der Waals surface area contributed by atoms with Gasteiger partial charge in [0.2, 0.25) is 0 Å². The van der Waals surface area contributed by atoms with Crippen molar-refractivity contribution in [2.24, 2.45) is 0 Å². The summed E-state index contributed by atoms with van der Waals surface area (Å²) < 4.78 is 106. The Kier molecular flexibility index (Phi) is 6.06. The van der Waals surface area contributed by atoms with Crippen LogP contribution in [0.25, 0.3) is 72.0 Å². The number of aromatic nitrogens is 1. The normalized spacial score (nSPS) is 17.6. The summed E-state index contributed by atoms with van der Waals surface area (Å²) in [5, 5.41) is 1.64. The maximum absolute atomic E-state index is 8.97. The molecule has 9 aromatic carbocycles. The summed E-state index contributed by atoms with van der Waals surface area (Å²) in [6.45, 7) is -7.48. The molecule has 2 aliphatic carbocycles. The van der Waals surface area contributed by atoms with Crippen LogP contribution >= 0.6 is 0 Å². The van der Waals surface area contributed by atoms with Crippen LogP contribution in [0.4, 0.5) is 17.1 Å². The SMILES string of the molecule is [2H]C([2H])([2H])c1ccc2c(c1)C(C([2H])([2H])[2H])(C([2H])([2H])[2H])c1cc(C([2H])([2H])[2H])cc(-n3c4ccccc4c4cc(-c5ccc(N(c6ccc(-c7ccccc7)cc6)c6ccc7c(c6)C(C)(C)c6ccccc6-7)cc5)ccc43)c1-2. The van der Waals surface area contributed by atoms with E-state index in [4.69, 9.17) is 16.4 Å². The van der Waals surface area contributed by atoms with Gasteiger partial charge in [-0.25, -0.2) is 0 Å². The molecule has 308 valence electrons. The number of aryl methyl sites for hydroxylation is 2. The van der Waals surface area contributed by atoms with Gasteiger partial charge in [-0.1, -0.05) is 167 Å². The minimum atomic E-state index is -3.28. The third-order valence-electron chi connectivity index (χ3n) is 13.6. The topological polar surface area (TPSA) is 8.17 Å². The lowest BCUT2D eigenvalue weighted by Gasteiger charge is -2.28. The molecule has 0 atom stereocenters. The van der Waals surface area contributed by atoms with Gasteiger partial charge in [-0.15, -0.1) is 0 Å². The minimum Gasteiger partial charge on any atom is -0.310 e. The third kappa shape index (κ3) is 5.72. The Bertz CT molecular complexity index is 3940. The number of fused-ring (bicyclic) bond motifs is 9. The van der Waals surface area contributed by atoms with Crippen LogP contribution in [0.15, 0.2) is 194 Å². The summed E-state index contributed by atoms with van der Waals surface area (Å²) in [6, 6.07) is 63.1. The van der Waals surface area contributed by atoms with E-state index in [2.05, 4.69) is 128 Å². The predicted octanol–water partition coefficient (Wildman–Crippen LogP) is 16.8. The summed E-state index contributed by atoms with van der Waals surface area (Å²) >= 11 is 0. The zero-order valence-electron chi connectivity index (χ0n) is 47.4. The zero-order valence-corrected chi connectivity index (χ0v) is 35.4. The third-order valence-corrected chi connectivity index (χ3v) is 13.6. The van der Waals surface area contributed by atoms with Gasteiger partial charge in [-0.05, 0) is 141 Å². The summed E-state index contributed by atoms with van der Waals surface area (Å²) in [6.07, 6.45) is 0. The molecule has 64 heavy (non-hydrogen) atoms. The van der Waals surface area contributed by atoms with E-state index >= 15 is 0 Å². The van der Waals surface area contributed by atoms with Crippen LogP contribution in [0.3, 0.4) is 0 Å². The highest BCUT2D eigenvalue weighted by atomic mass is 15.1. The maximum atomic E-state index is 8.97. The molecule has 0 saturated carbocycles. The molecule has 2 aliphatic rings. The highest BCUT2D eigenvalue weighted by molar-refractivity contribution is 6.11. The van der Waals surface area contributed by atoms with E-state index in [1.165, 1.54) is 46.5 Å². The molecule has 10 aromatic rings. The average Bonchev–Trinajstić information content (AvgIpc) is 4.20. The molecule has 0 spiro atoms. The fourth-order valence-corrected chi connectivity index (χ4v) is 10.5. The Morgan fingerprint density at radius 1 is 0.406 bits per heavy atom. The number of hydrogen-bond acceptors (Lipinski definition) is 1. The van der Waals surface area contributed by atoms with E-state index in [0.29, 0.717) is 11.0 Å². The maximum Gasteiger partial charge on any atom is 0.0546 e. The molecule has 1 aromatic heterocycles. The Labute approximate surface area is 393 Å². The summed E-state index contributed by atoms with van der Waals surface area (Å²) in [7, 11) is 0. The predicted molar refractivity (Wildman–Crippen MR) is 271 cm³/mol. The van der Waals surface area contributed by atoms with Crippen molar-refractivity contribution < 1.29 is 16.4 Å². The standard InChI is InChI=1S/C62H50N2/c1-39-20-31-51-54(34-39)62(5,6)56-35-40(2)36-59(60(51)56)64-57-19-13-11-17-50(57)52-37-44(25-33-58(52)64)43-23-28-46(29-24-43)63(45-26-21-42(22-27-45)41-14-8-7-9-15-41)47-30-32-49-48-16-10-12-18-53(48)61(3,4)55(49)38-47/h7-38H,1-6H3/i1D3,2D3,5D3,6D3. The van der Waals surface area contributed by atoms with E-state index in [9.17, 15) is 0 Å². The number of hydrogen-bond donors (Lipinski definition) is 0. The summed E-state index contributed by atoms with van der Waals surface area (Å²) in [4.78, 5) is 2.29. The van der Waals surface area contributed by atoms with Crippen LogP contribution in [0.5, 0.6) is 0 Å². The first-order valence-corrected chi connectivity index (χ1v) is 21.7. The fourth-order valence-electron chi connectivity index (χ4n) is 10.5. The van der Waals surface area contributed by atoms with E-state index in [0.717, 1.165) is 56.2 Å². The van der Waals surface area contributed by atoms with Crippen molar-refractivity contribution >= 4 is 38.9 Å². The van der Waals surface area contributed by atoms with Crippen molar-refractivity contribution in [3.8, 4) is 50.2 Å². The smallest absolute Gasteiger partial charge is 0.0546 e. The number of nitrogens with zero attached hydrogens (tertiary/aromatic N) is 2. The molecule has 12 rings (SSSR count). The lowest BCUT2D eigenvalue weighted by Crippen LogP contribution is -2.16. The Balaban J connectivity index is 1.01. The number of rotatable bonds is 6. The molecular formula is C62H50N2. The van der Waals surface area contributed by atoms with Gasteiger partial charge in [-0.3, -0.25) is 0 Å². The van der Waals surface area contributed by atoms with Gasteiger partial charge >= 0.3 is 0 Å². The van der Waals surface area contributed by atoms with E-state index in [1.54, 1.807) is 0 Å². The molecule has 0 amide bonds. The van der Waals surface area contributed by atoms with Crippen molar-refractivity contribution in [2.45, 2.75) is 52.1 Å². The molecule has 2 nitrogen and oxygen atoms in total. The van der Waals surface area contributed by atoms with Crippen molar-refractivity contribution in [2.75, 3.05) is 4.90 Å². The first-order chi connectivity index (χ1) is 36.0. The van der Waals surface area contributed by atoms with Crippen LogP contribution in [0.1, 0.15) is 77.4 Å². The second-order valence-electron chi connectivity index (χ2n) is 17.7. The number of para-hydroxylation sites is 1. The van der Waals surface area contributed by atoms with Gasteiger partial charge in [0.15, 0.2) is 0 Å². The molecule has 2 heteroatoms. The second kappa shape index (κ2) is 14.0. The highest BCUT2D eigenvalue weighted by Gasteiger charge is 2.38. The van der Waals surface area contributed by atoms with E-state index in [-0.39, 0.29) is 44.5 Å². The quantitative estimate of drug-likeness (QED) is 0.162. The van der Waals surface area contributed by atoms with Gasteiger partial charge in [0.1, 0.15) is 0 Å². The average molecular weight is 835 g/mol. The van der Waals surface area contributed by atoms with Crippen molar-refractivity contribution in [1.82, 2.24) is 4.57 Å². The lowest BCUT2D eigenvalue weighted by atomic mass is 9.81. The first-order valence-electron chi connectivity index (χ1n) is 27.7. The van der Waals surface area contributed by atoms with Gasteiger partial charge < -0.3 is 9.47 Å². The molecule has 1 heterocycles. The van der Waals surface area contributed by atoms with Crippen LogP contribution in [0.2, 0.25) is 0 Å². The van der Waals surface area contributed by atoms with Crippen molar-refractivity contribution in [3.63, 3.8) is 0 Å². The molecular weight excluding hydrogens is 773 g/mol. The lowest BCUT2D eigenvalue weighted by molar-refractivity contribution is 0.659.